The predicted octanol–water partition coefficient (Wildman–Crippen LogP) is 0.168. The van der Waals surface area contributed by atoms with E-state index in [-0.39, 0.29) is 5.91 Å². The van der Waals surface area contributed by atoms with E-state index in [1.807, 2.05) is 0 Å². The summed E-state index contributed by atoms with van der Waals surface area (Å²) in [5, 5.41) is 2.86. The van der Waals surface area contributed by atoms with Gasteiger partial charge in [0.2, 0.25) is 5.91 Å². The van der Waals surface area contributed by atoms with Crippen LogP contribution in [0.5, 0.6) is 0 Å². The number of hydrogen-bond donors (Lipinski definition) is 2. The third kappa shape index (κ3) is 2.35. The maximum absolute atomic E-state index is 10.9. The normalized spacial score (nSPS) is 28.8. The first-order valence-electron chi connectivity index (χ1n) is 3.88. The molecule has 0 aromatic heterocycles. The molecule has 0 aliphatic heterocycles. The lowest BCUT2D eigenvalue weighted by atomic mass is 9.87. The topological polar surface area (TPSA) is 55.1 Å². The molecule has 1 fully saturated rings. The molecule has 0 radical (unpaired) electrons. The average Bonchev–Trinajstić information content (AvgIpc) is 1.85. The zero-order chi connectivity index (χ0) is 8.27. The molecule has 3 heteroatoms. The van der Waals surface area contributed by atoms with E-state index in [0.29, 0.717) is 18.5 Å². The van der Waals surface area contributed by atoms with Crippen molar-refractivity contribution in [3.05, 3.63) is 12.7 Å². The molecule has 0 spiro atoms. The predicted molar refractivity (Wildman–Crippen MR) is 44.0 cm³/mol. The van der Waals surface area contributed by atoms with Crippen LogP contribution in [0.25, 0.3) is 0 Å². The fourth-order valence-electron chi connectivity index (χ4n) is 1.20. The molecule has 0 saturated heterocycles. The molecule has 3 nitrogen and oxygen atoms in total. The smallest absolute Gasteiger partial charge is 0.224 e. The van der Waals surface area contributed by atoms with Gasteiger partial charge in [0.1, 0.15) is 0 Å². The van der Waals surface area contributed by atoms with E-state index in [2.05, 4.69) is 11.9 Å². The second-order valence-electron chi connectivity index (χ2n) is 2.99. The first kappa shape index (κ1) is 8.27. The fraction of sp³-hybridized carbons (Fsp3) is 0.625. The summed E-state index contributed by atoms with van der Waals surface area (Å²) in [5.41, 5.74) is 5.55. The zero-order valence-electron chi connectivity index (χ0n) is 6.55. The van der Waals surface area contributed by atoms with Gasteiger partial charge in [0, 0.05) is 18.5 Å². The zero-order valence-corrected chi connectivity index (χ0v) is 6.55. The lowest BCUT2D eigenvalue weighted by Crippen LogP contribution is -2.50. The van der Waals surface area contributed by atoms with Gasteiger partial charge in [-0.05, 0) is 12.8 Å². The quantitative estimate of drug-likeness (QED) is 0.569. The minimum atomic E-state index is 0.0527. The van der Waals surface area contributed by atoms with E-state index in [0.717, 1.165) is 12.8 Å². The summed E-state index contributed by atoms with van der Waals surface area (Å²) in [5.74, 6) is 0.0527. The summed E-state index contributed by atoms with van der Waals surface area (Å²) < 4.78 is 0. The maximum Gasteiger partial charge on any atom is 0.224 e. The van der Waals surface area contributed by atoms with Gasteiger partial charge in [-0.15, -0.1) is 6.58 Å². The Morgan fingerprint density at radius 3 is 2.82 bits per heavy atom. The molecule has 3 N–H and O–H groups in total. The number of carbonyl (C=O) groups is 1. The number of nitrogens with two attached hydrogens (primary N) is 1. The van der Waals surface area contributed by atoms with Crippen molar-refractivity contribution in [3.63, 3.8) is 0 Å². The van der Waals surface area contributed by atoms with Crippen molar-refractivity contribution in [2.24, 2.45) is 5.73 Å². The van der Waals surface area contributed by atoms with Crippen LogP contribution < -0.4 is 11.1 Å². The van der Waals surface area contributed by atoms with Crippen LogP contribution in [0.2, 0.25) is 0 Å². The van der Waals surface area contributed by atoms with Crippen LogP contribution in [0, 0.1) is 0 Å². The van der Waals surface area contributed by atoms with Gasteiger partial charge in [0.25, 0.3) is 0 Å². The highest BCUT2D eigenvalue weighted by molar-refractivity contribution is 5.77. The number of rotatable bonds is 3. The van der Waals surface area contributed by atoms with Crippen LogP contribution >= 0.6 is 0 Å². The van der Waals surface area contributed by atoms with E-state index in [1.165, 1.54) is 0 Å². The van der Waals surface area contributed by atoms with Crippen molar-refractivity contribution in [1.29, 1.82) is 0 Å². The van der Waals surface area contributed by atoms with Crippen molar-refractivity contribution in [1.82, 2.24) is 5.32 Å². The highest BCUT2D eigenvalue weighted by Gasteiger charge is 2.26. The van der Waals surface area contributed by atoms with Crippen molar-refractivity contribution in [3.8, 4) is 0 Å². The summed E-state index contributed by atoms with van der Waals surface area (Å²) in [6.45, 7) is 3.48. The fourth-order valence-corrected chi connectivity index (χ4v) is 1.20. The SMILES string of the molecule is C=CCC(=O)NC1CC(N)C1. The molecule has 0 atom stereocenters. The van der Waals surface area contributed by atoms with Crippen LogP contribution in [0.15, 0.2) is 12.7 Å². The van der Waals surface area contributed by atoms with Crippen molar-refractivity contribution in [2.75, 3.05) is 0 Å². The standard InChI is InChI=1S/C8H14N2O/c1-2-3-8(11)10-7-4-6(9)5-7/h2,6-7H,1,3-5,9H2,(H,10,11). The van der Waals surface area contributed by atoms with E-state index < -0.39 is 0 Å². The van der Waals surface area contributed by atoms with Crippen LogP contribution in [0.3, 0.4) is 0 Å². The maximum atomic E-state index is 10.9. The Morgan fingerprint density at radius 2 is 2.36 bits per heavy atom. The molecule has 0 aromatic carbocycles. The molecule has 0 bridgehead atoms. The Balaban J connectivity index is 2.11. The summed E-state index contributed by atoms with van der Waals surface area (Å²) in [6.07, 6.45) is 3.85. The third-order valence-corrected chi connectivity index (χ3v) is 1.87. The van der Waals surface area contributed by atoms with E-state index >= 15 is 0 Å². The van der Waals surface area contributed by atoms with Gasteiger partial charge >= 0.3 is 0 Å². The Bertz CT molecular complexity index is 161. The van der Waals surface area contributed by atoms with Gasteiger partial charge < -0.3 is 11.1 Å². The first-order valence-corrected chi connectivity index (χ1v) is 3.88. The van der Waals surface area contributed by atoms with Crippen LogP contribution in [0.4, 0.5) is 0 Å². The molecule has 1 rings (SSSR count). The van der Waals surface area contributed by atoms with Crippen LogP contribution in [-0.2, 0) is 4.79 Å². The molecule has 1 aliphatic carbocycles. The Hall–Kier alpha value is -0.830. The molecule has 1 aliphatic rings. The summed E-state index contributed by atoms with van der Waals surface area (Å²) in [4.78, 5) is 10.9. The van der Waals surface area contributed by atoms with E-state index in [9.17, 15) is 4.79 Å². The average molecular weight is 154 g/mol. The summed E-state index contributed by atoms with van der Waals surface area (Å²) >= 11 is 0. The molecular formula is C8H14N2O. The van der Waals surface area contributed by atoms with Crippen molar-refractivity contribution in [2.45, 2.75) is 31.3 Å². The molecule has 1 saturated carbocycles. The largest absolute Gasteiger partial charge is 0.353 e. The minimum absolute atomic E-state index is 0.0527. The summed E-state index contributed by atoms with van der Waals surface area (Å²) in [6, 6.07) is 0.612. The van der Waals surface area contributed by atoms with E-state index in [1.54, 1.807) is 6.08 Å². The number of hydrogen-bond acceptors (Lipinski definition) is 2. The van der Waals surface area contributed by atoms with Gasteiger partial charge in [-0.25, -0.2) is 0 Å². The molecular weight excluding hydrogens is 140 g/mol. The molecule has 0 aromatic rings. The third-order valence-electron chi connectivity index (χ3n) is 1.87. The van der Waals surface area contributed by atoms with Gasteiger partial charge in [-0.2, -0.15) is 0 Å². The molecule has 1 amide bonds. The number of carbonyl (C=O) groups excluding carboxylic acids is 1. The lowest BCUT2D eigenvalue weighted by Gasteiger charge is -2.32. The Kier molecular flexibility index (Phi) is 2.65. The Labute approximate surface area is 66.6 Å². The van der Waals surface area contributed by atoms with Crippen molar-refractivity contribution < 1.29 is 4.79 Å². The van der Waals surface area contributed by atoms with Gasteiger partial charge in [-0.1, -0.05) is 6.08 Å². The molecule has 0 heterocycles. The second kappa shape index (κ2) is 3.53. The number of amides is 1. The summed E-state index contributed by atoms with van der Waals surface area (Å²) in [7, 11) is 0. The van der Waals surface area contributed by atoms with Gasteiger partial charge in [0.05, 0.1) is 0 Å². The first-order chi connectivity index (χ1) is 5.22. The monoisotopic (exact) mass is 154 g/mol. The highest BCUT2D eigenvalue weighted by Crippen LogP contribution is 2.17. The van der Waals surface area contributed by atoms with Crippen molar-refractivity contribution >= 4 is 5.91 Å². The highest BCUT2D eigenvalue weighted by atomic mass is 16.1. The molecule has 0 unspecified atom stereocenters. The van der Waals surface area contributed by atoms with E-state index in [4.69, 9.17) is 5.73 Å². The van der Waals surface area contributed by atoms with Gasteiger partial charge in [-0.3, -0.25) is 4.79 Å². The number of nitrogens with one attached hydrogen (secondary N) is 1. The molecule has 62 valence electrons. The lowest BCUT2D eigenvalue weighted by molar-refractivity contribution is -0.121. The van der Waals surface area contributed by atoms with Gasteiger partial charge in [0.15, 0.2) is 0 Å². The minimum Gasteiger partial charge on any atom is -0.353 e. The second-order valence-corrected chi connectivity index (χ2v) is 2.99. The molecule has 11 heavy (non-hydrogen) atoms. The van der Waals surface area contributed by atoms with Crippen LogP contribution in [0.1, 0.15) is 19.3 Å². The van der Waals surface area contributed by atoms with Crippen LogP contribution in [-0.4, -0.2) is 18.0 Å². The Morgan fingerprint density at radius 1 is 1.73 bits per heavy atom.